The van der Waals surface area contributed by atoms with Gasteiger partial charge in [-0.05, 0) is 59.7 Å². The van der Waals surface area contributed by atoms with Gasteiger partial charge in [0.1, 0.15) is 5.65 Å². The van der Waals surface area contributed by atoms with Gasteiger partial charge in [-0.2, -0.15) is 0 Å². The van der Waals surface area contributed by atoms with Crippen LogP contribution >= 0.6 is 0 Å². The average Bonchev–Trinajstić information content (AvgIpc) is 3.17. The van der Waals surface area contributed by atoms with E-state index in [-0.39, 0.29) is 6.03 Å². The molecule has 0 atom stereocenters. The Morgan fingerprint density at radius 1 is 0.833 bits per heavy atom. The first kappa shape index (κ1) is 17.9. The second kappa shape index (κ2) is 7.37. The zero-order valence-electron chi connectivity index (χ0n) is 16.5. The number of benzene rings is 3. The van der Waals surface area contributed by atoms with Gasteiger partial charge in [-0.15, -0.1) is 0 Å². The third-order valence-corrected chi connectivity index (χ3v) is 5.06. The minimum atomic E-state index is -0.277. The maximum atomic E-state index is 12.4. The number of amides is 2. The van der Waals surface area contributed by atoms with Crippen LogP contribution in [0.5, 0.6) is 0 Å². The number of pyridine rings is 1. The first-order valence-electron chi connectivity index (χ1n) is 9.77. The summed E-state index contributed by atoms with van der Waals surface area (Å²) in [7, 11) is 0. The highest BCUT2D eigenvalue weighted by Gasteiger charge is 2.07. The van der Waals surface area contributed by atoms with Crippen LogP contribution in [0.25, 0.3) is 27.7 Å². The van der Waals surface area contributed by atoms with Crippen molar-refractivity contribution in [1.82, 2.24) is 9.38 Å². The molecule has 3 aromatic carbocycles. The SMILES string of the molecule is Cc1ccn2cc(-c3ccc(NC(=O)Nc4ccc5ccccc5c4)cc3)nc2c1. The summed E-state index contributed by atoms with van der Waals surface area (Å²) in [6.07, 6.45) is 4.01. The first-order valence-corrected chi connectivity index (χ1v) is 9.77. The summed E-state index contributed by atoms with van der Waals surface area (Å²) >= 11 is 0. The lowest BCUT2D eigenvalue weighted by molar-refractivity contribution is 0.262. The Bertz CT molecular complexity index is 1370. The Kier molecular flexibility index (Phi) is 4.41. The number of aryl methyl sites for hydroxylation is 1. The van der Waals surface area contributed by atoms with Crippen LogP contribution < -0.4 is 10.6 Å². The normalized spacial score (nSPS) is 11.0. The minimum Gasteiger partial charge on any atom is -0.308 e. The fourth-order valence-electron chi connectivity index (χ4n) is 3.51. The van der Waals surface area contributed by atoms with Gasteiger partial charge in [-0.3, -0.25) is 0 Å². The van der Waals surface area contributed by atoms with Crippen LogP contribution in [0.4, 0.5) is 16.2 Å². The summed E-state index contributed by atoms with van der Waals surface area (Å²) in [5.74, 6) is 0. The Morgan fingerprint density at radius 2 is 1.57 bits per heavy atom. The van der Waals surface area contributed by atoms with E-state index in [0.717, 1.165) is 39.1 Å². The number of anilines is 2. The molecule has 5 nitrogen and oxygen atoms in total. The summed E-state index contributed by atoms with van der Waals surface area (Å²) in [4.78, 5) is 17.1. The highest BCUT2D eigenvalue weighted by molar-refractivity contribution is 6.01. The number of urea groups is 1. The fraction of sp³-hybridized carbons (Fsp3) is 0.0400. The molecule has 0 saturated carbocycles. The van der Waals surface area contributed by atoms with Crippen LogP contribution in [0.1, 0.15) is 5.56 Å². The van der Waals surface area contributed by atoms with Crippen molar-refractivity contribution < 1.29 is 4.79 Å². The molecule has 5 aromatic rings. The van der Waals surface area contributed by atoms with Gasteiger partial charge in [-0.25, -0.2) is 9.78 Å². The zero-order chi connectivity index (χ0) is 20.5. The number of rotatable bonds is 3. The summed E-state index contributed by atoms with van der Waals surface area (Å²) in [6, 6.07) is 25.4. The molecular weight excluding hydrogens is 372 g/mol. The molecule has 5 rings (SSSR count). The van der Waals surface area contributed by atoms with Crippen LogP contribution in [0.2, 0.25) is 0 Å². The van der Waals surface area contributed by atoms with E-state index in [0.29, 0.717) is 0 Å². The Balaban J connectivity index is 1.29. The Labute approximate surface area is 174 Å². The van der Waals surface area contributed by atoms with Crippen molar-refractivity contribution in [3.8, 4) is 11.3 Å². The van der Waals surface area contributed by atoms with E-state index in [1.165, 1.54) is 5.56 Å². The van der Waals surface area contributed by atoms with Crippen LogP contribution in [0, 0.1) is 6.92 Å². The van der Waals surface area contributed by atoms with Crippen molar-refractivity contribution in [2.75, 3.05) is 10.6 Å². The number of nitrogens with one attached hydrogen (secondary N) is 2. The van der Waals surface area contributed by atoms with Gasteiger partial charge in [-0.1, -0.05) is 42.5 Å². The standard InChI is InChI=1S/C25H20N4O/c1-17-12-13-29-16-23(28-24(29)14-17)19-7-9-21(10-8-19)26-25(30)27-22-11-6-18-4-2-3-5-20(18)15-22/h2-16H,1H3,(H2,26,27,30). The predicted octanol–water partition coefficient (Wildman–Crippen LogP) is 6.11. The molecule has 2 aromatic heterocycles. The molecule has 0 unspecified atom stereocenters. The number of fused-ring (bicyclic) bond motifs is 2. The van der Waals surface area contributed by atoms with Crippen molar-refractivity contribution in [2.24, 2.45) is 0 Å². The molecule has 0 spiro atoms. The van der Waals surface area contributed by atoms with Crippen molar-refractivity contribution in [3.63, 3.8) is 0 Å². The molecule has 0 radical (unpaired) electrons. The number of nitrogens with zero attached hydrogens (tertiary/aromatic N) is 2. The van der Waals surface area contributed by atoms with E-state index < -0.39 is 0 Å². The summed E-state index contributed by atoms with van der Waals surface area (Å²) in [5, 5.41) is 7.99. The summed E-state index contributed by atoms with van der Waals surface area (Å²) in [5.41, 5.74) is 5.46. The van der Waals surface area contributed by atoms with Gasteiger partial charge in [0, 0.05) is 29.3 Å². The van der Waals surface area contributed by atoms with Crippen LogP contribution in [-0.4, -0.2) is 15.4 Å². The number of aromatic nitrogens is 2. The highest BCUT2D eigenvalue weighted by Crippen LogP contribution is 2.22. The highest BCUT2D eigenvalue weighted by atomic mass is 16.2. The molecule has 30 heavy (non-hydrogen) atoms. The number of imidazole rings is 1. The van der Waals surface area contributed by atoms with Gasteiger partial charge in [0.25, 0.3) is 0 Å². The van der Waals surface area contributed by atoms with Crippen molar-refractivity contribution in [3.05, 3.63) is 96.8 Å². The second-order valence-corrected chi connectivity index (χ2v) is 7.31. The molecule has 2 amide bonds. The van der Waals surface area contributed by atoms with Gasteiger partial charge >= 0.3 is 6.03 Å². The topological polar surface area (TPSA) is 58.4 Å². The molecule has 0 fully saturated rings. The minimum absolute atomic E-state index is 0.277. The summed E-state index contributed by atoms with van der Waals surface area (Å²) < 4.78 is 2.01. The number of carbonyl (C=O) groups excluding carboxylic acids is 1. The smallest absolute Gasteiger partial charge is 0.308 e. The van der Waals surface area contributed by atoms with E-state index in [2.05, 4.69) is 34.7 Å². The third kappa shape index (κ3) is 3.61. The molecule has 5 heteroatoms. The number of hydrogen-bond donors (Lipinski definition) is 2. The molecular formula is C25H20N4O. The lowest BCUT2D eigenvalue weighted by Gasteiger charge is -2.09. The van der Waals surface area contributed by atoms with E-state index in [9.17, 15) is 4.79 Å². The molecule has 2 N–H and O–H groups in total. The number of carbonyl (C=O) groups is 1. The van der Waals surface area contributed by atoms with E-state index in [1.54, 1.807) is 0 Å². The van der Waals surface area contributed by atoms with E-state index >= 15 is 0 Å². The maximum Gasteiger partial charge on any atom is 0.323 e. The van der Waals surface area contributed by atoms with Gasteiger partial charge < -0.3 is 15.0 Å². The van der Waals surface area contributed by atoms with Crippen LogP contribution in [0.3, 0.4) is 0 Å². The Morgan fingerprint density at radius 3 is 2.40 bits per heavy atom. The van der Waals surface area contributed by atoms with Crippen molar-refractivity contribution in [1.29, 1.82) is 0 Å². The van der Waals surface area contributed by atoms with E-state index in [4.69, 9.17) is 0 Å². The molecule has 146 valence electrons. The Hall–Kier alpha value is -4.12. The number of hydrogen-bond acceptors (Lipinski definition) is 2. The third-order valence-electron chi connectivity index (χ3n) is 5.06. The molecule has 0 aliphatic carbocycles. The monoisotopic (exact) mass is 392 g/mol. The summed E-state index contributed by atoms with van der Waals surface area (Å²) in [6.45, 7) is 2.05. The van der Waals surface area contributed by atoms with Crippen LogP contribution in [-0.2, 0) is 0 Å². The van der Waals surface area contributed by atoms with Gasteiger partial charge in [0.05, 0.1) is 5.69 Å². The zero-order valence-corrected chi connectivity index (χ0v) is 16.5. The quantitative estimate of drug-likeness (QED) is 0.389. The van der Waals surface area contributed by atoms with E-state index in [1.807, 2.05) is 83.5 Å². The fourth-order valence-corrected chi connectivity index (χ4v) is 3.51. The van der Waals surface area contributed by atoms with Gasteiger partial charge in [0.2, 0.25) is 0 Å². The van der Waals surface area contributed by atoms with Gasteiger partial charge in [0.15, 0.2) is 0 Å². The molecule has 2 heterocycles. The van der Waals surface area contributed by atoms with Crippen LogP contribution in [0.15, 0.2) is 91.3 Å². The molecule has 0 bridgehead atoms. The van der Waals surface area contributed by atoms with Crippen molar-refractivity contribution in [2.45, 2.75) is 6.92 Å². The molecule has 0 saturated heterocycles. The average molecular weight is 392 g/mol. The maximum absolute atomic E-state index is 12.4. The lowest BCUT2D eigenvalue weighted by atomic mass is 10.1. The second-order valence-electron chi connectivity index (χ2n) is 7.31. The molecule has 0 aliphatic rings. The predicted molar refractivity (Wildman–Crippen MR) is 122 cm³/mol. The largest absolute Gasteiger partial charge is 0.323 e. The molecule has 0 aliphatic heterocycles. The first-order chi connectivity index (χ1) is 14.6. The lowest BCUT2D eigenvalue weighted by Crippen LogP contribution is -2.19. The van der Waals surface area contributed by atoms with Crippen molar-refractivity contribution >= 4 is 33.8 Å².